The standard InChI is InChI=1S/C20H14F6N2O4S2/c21-19(22,23)15-8-11(27)4-6-17(15)33(29,30)13-2-1-3-14(10-13)34(31,32)18-7-5-12(28)9-16(18)20(24,25)26/h1-10H,27-28H2. The van der Waals surface area contributed by atoms with Crippen LogP contribution < -0.4 is 11.5 Å². The van der Waals surface area contributed by atoms with Crippen LogP contribution in [0.5, 0.6) is 0 Å². The quantitative estimate of drug-likeness (QED) is 0.382. The largest absolute Gasteiger partial charge is 0.417 e. The monoisotopic (exact) mass is 524 g/mol. The summed E-state index contributed by atoms with van der Waals surface area (Å²) < 4.78 is 132. The summed E-state index contributed by atoms with van der Waals surface area (Å²) in [4.78, 5) is -4.17. The summed E-state index contributed by atoms with van der Waals surface area (Å²) in [6.45, 7) is 0. The van der Waals surface area contributed by atoms with Crippen molar-refractivity contribution in [3.8, 4) is 0 Å². The van der Waals surface area contributed by atoms with E-state index in [9.17, 15) is 43.2 Å². The maximum Gasteiger partial charge on any atom is 0.417 e. The molecule has 0 radical (unpaired) electrons. The average molecular weight is 524 g/mol. The van der Waals surface area contributed by atoms with Gasteiger partial charge in [0.05, 0.1) is 30.7 Å². The van der Waals surface area contributed by atoms with E-state index in [4.69, 9.17) is 11.5 Å². The Hall–Kier alpha value is -3.26. The van der Waals surface area contributed by atoms with E-state index in [-0.39, 0.29) is 11.4 Å². The number of rotatable bonds is 4. The second-order valence-corrected chi connectivity index (χ2v) is 10.8. The number of hydrogen-bond donors (Lipinski definition) is 2. The lowest BCUT2D eigenvalue weighted by Crippen LogP contribution is -2.16. The number of anilines is 2. The molecule has 3 aromatic rings. The Bertz CT molecular complexity index is 1370. The Kier molecular flexibility index (Phi) is 6.12. The number of nitrogen functional groups attached to an aromatic ring is 2. The van der Waals surface area contributed by atoms with Crippen LogP contribution in [0.4, 0.5) is 37.7 Å². The molecule has 182 valence electrons. The second kappa shape index (κ2) is 8.20. The van der Waals surface area contributed by atoms with Crippen molar-refractivity contribution in [2.75, 3.05) is 11.5 Å². The highest BCUT2D eigenvalue weighted by Gasteiger charge is 2.40. The Morgan fingerprint density at radius 1 is 0.559 bits per heavy atom. The molecule has 0 saturated heterocycles. The van der Waals surface area contributed by atoms with Gasteiger partial charge in [0, 0.05) is 11.4 Å². The third-order valence-electron chi connectivity index (χ3n) is 4.62. The van der Waals surface area contributed by atoms with E-state index in [1.807, 2.05) is 0 Å². The highest BCUT2D eigenvalue weighted by Crippen LogP contribution is 2.40. The first-order chi connectivity index (χ1) is 15.5. The van der Waals surface area contributed by atoms with Crippen LogP contribution >= 0.6 is 0 Å². The van der Waals surface area contributed by atoms with Crippen LogP contribution in [-0.2, 0) is 32.0 Å². The zero-order chi connectivity index (χ0) is 25.7. The van der Waals surface area contributed by atoms with Gasteiger partial charge in [0.25, 0.3) is 0 Å². The molecule has 3 aromatic carbocycles. The number of hydrogen-bond acceptors (Lipinski definition) is 6. The molecule has 0 heterocycles. The van der Waals surface area contributed by atoms with E-state index in [0.717, 1.165) is 30.3 Å². The van der Waals surface area contributed by atoms with E-state index < -0.39 is 62.7 Å². The molecule has 0 aliphatic carbocycles. The van der Waals surface area contributed by atoms with Gasteiger partial charge in [-0.05, 0) is 54.6 Å². The van der Waals surface area contributed by atoms with Crippen LogP contribution in [0.2, 0.25) is 0 Å². The molecule has 0 aromatic heterocycles. The minimum absolute atomic E-state index is 0.370. The molecule has 6 nitrogen and oxygen atoms in total. The SMILES string of the molecule is Nc1ccc(S(=O)(=O)c2cccc(S(=O)(=O)c3ccc(N)cc3C(F)(F)F)c2)c(C(F)(F)F)c1. The van der Waals surface area contributed by atoms with Gasteiger partial charge in [0.1, 0.15) is 0 Å². The topological polar surface area (TPSA) is 120 Å². The van der Waals surface area contributed by atoms with Crippen molar-refractivity contribution in [3.05, 3.63) is 71.8 Å². The third-order valence-corrected chi connectivity index (χ3v) is 8.24. The van der Waals surface area contributed by atoms with Crippen molar-refractivity contribution in [1.29, 1.82) is 0 Å². The van der Waals surface area contributed by atoms with Gasteiger partial charge in [0.15, 0.2) is 0 Å². The predicted octanol–water partition coefficient (Wildman–Crippen LogP) is 4.55. The van der Waals surface area contributed by atoms with Gasteiger partial charge >= 0.3 is 12.4 Å². The van der Waals surface area contributed by atoms with Crippen LogP contribution in [0.3, 0.4) is 0 Å². The first kappa shape index (κ1) is 25.4. The maximum atomic E-state index is 13.4. The van der Waals surface area contributed by atoms with Gasteiger partial charge in [-0.3, -0.25) is 0 Å². The highest BCUT2D eigenvalue weighted by molar-refractivity contribution is 7.92. The molecule has 34 heavy (non-hydrogen) atoms. The average Bonchev–Trinajstić information content (AvgIpc) is 2.72. The van der Waals surface area contributed by atoms with Crippen LogP contribution in [0.25, 0.3) is 0 Å². The van der Waals surface area contributed by atoms with Gasteiger partial charge in [-0.2, -0.15) is 26.3 Å². The molecule has 0 spiro atoms. The fourth-order valence-corrected chi connectivity index (χ4v) is 6.15. The first-order valence-electron chi connectivity index (χ1n) is 8.99. The van der Waals surface area contributed by atoms with Gasteiger partial charge < -0.3 is 11.5 Å². The van der Waals surface area contributed by atoms with Crippen LogP contribution in [0, 0.1) is 0 Å². The lowest BCUT2D eigenvalue weighted by molar-refractivity contribution is -0.140. The van der Waals surface area contributed by atoms with Crippen molar-refractivity contribution in [3.63, 3.8) is 0 Å². The van der Waals surface area contributed by atoms with Crippen molar-refractivity contribution < 1.29 is 43.2 Å². The van der Waals surface area contributed by atoms with Crippen molar-refractivity contribution >= 4 is 31.0 Å². The summed E-state index contributed by atoms with van der Waals surface area (Å²) in [5.74, 6) is 0. The van der Waals surface area contributed by atoms with Crippen LogP contribution in [-0.4, -0.2) is 16.8 Å². The molecule has 3 rings (SSSR count). The Labute approximate surface area is 189 Å². The smallest absolute Gasteiger partial charge is 0.399 e. The first-order valence-corrected chi connectivity index (χ1v) is 12.0. The van der Waals surface area contributed by atoms with Gasteiger partial charge in [-0.25, -0.2) is 16.8 Å². The van der Waals surface area contributed by atoms with Crippen molar-refractivity contribution in [2.45, 2.75) is 31.9 Å². The van der Waals surface area contributed by atoms with Crippen LogP contribution in [0.1, 0.15) is 11.1 Å². The number of alkyl halides is 6. The third kappa shape index (κ3) is 4.68. The number of sulfone groups is 2. The summed E-state index contributed by atoms with van der Waals surface area (Å²) in [7, 11) is -9.92. The Morgan fingerprint density at radius 3 is 1.24 bits per heavy atom. The van der Waals surface area contributed by atoms with E-state index >= 15 is 0 Å². The molecule has 0 amide bonds. The van der Waals surface area contributed by atoms with E-state index in [1.54, 1.807) is 0 Å². The molecule has 0 unspecified atom stereocenters. The summed E-state index contributed by atoms with van der Waals surface area (Å²) in [5.41, 5.74) is 6.76. The molecule has 0 saturated carbocycles. The Balaban J connectivity index is 2.22. The van der Waals surface area contributed by atoms with E-state index in [2.05, 4.69) is 0 Å². The molecule has 0 bridgehead atoms. The molecular formula is C20H14F6N2O4S2. The molecule has 0 fully saturated rings. The number of nitrogens with two attached hydrogens (primary N) is 2. The highest BCUT2D eigenvalue weighted by atomic mass is 32.2. The summed E-state index contributed by atoms with van der Waals surface area (Å²) in [5, 5.41) is 0. The zero-order valence-corrected chi connectivity index (χ0v) is 18.3. The lowest BCUT2D eigenvalue weighted by Gasteiger charge is -2.16. The molecule has 4 N–H and O–H groups in total. The lowest BCUT2D eigenvalue weighted by atomic mass is 10.2. The van der Waals surface area contributed by atoms with Crippen molar-refractivity contribution in [2.24, 2.45) is 0 Å². The predicted molar refractivity (Wildman–Crippen MR) is 109 cm³/mol. The van der Waals surface area contributed by atoms with Crippen molar-refractivity contribution in [1.82, 2.24) is 0 Å². The Morgan fingerprint density at radius 2 is 0.912 bits per heavy atom. The van der Waals surface area contributed by atoms with Gasteiger partial charge in [0.2, 0.25) is 19.7 Å². The zero-order valence-electron chi connectivity index (χ0n) is 16.6. The second-order valence-electron chi connectivity index (χ2n) is 6.99. The fraction of sp³-hybridized carbons (Fsp3) is 0.100. The fourth-order valence-electron chi connectivity index (χ4n) is 3.07. The normalized spacial score (nSPS) is 13.1. The van der Waals surface area contributed by atoms with Gasteiger partial charge in [-0.1, -0.05) is 6.07 Å². The minimum Gasteiger partial charge on any atom is -0.399 e. The van der Waals surface area contributed by atoms with Crippen LogP contribution in [0.15, 0.2) is 80.2 Å². The summed E-state index contributed by atoms with van der Waals surface area (Å²) in [6.07, 6.45) is -10.2. The molecule has 14 heteroatoms. The summed E-state index contributed by atoms with van der Waals surface area (Å²) >= 11 is 0. The van der Waals surface area contributed by atoms with E-state index in [0.29, 0.717) is 30.3 Å². The maximum absolute atomic E-state index is 13.4. The molecule has 0 aliphatic heterocycles. The molecule has 0 aliphatic rings. The minimum atomic E-state index is -5.12. The number of benzene rings is 3. The molecule has 0 atom stereocenters. The van der Waals surface area contributed by atoms with Gasteiger partial charge in [-0.15, -0.1) is 0 Å². The number of halogens is 6. The molecular weight excluding hydrogens is 510 g/mol. The van der Waals surface area contributed by atoms with E-state index in [1.165, 1.54) is 0 Å². The summed E-state index contributed by atoms with van der Waals surface area (Å²) in [6, 6.07) is 6.84.